The first kappa shape index (κ1) is 15.5. The van der Waals surface area contributed by atoms with Crippen LogP contribution in [-0.4, -0.2) is 25.4 Å². The minimum Gasteiger partial charge on any atom is -0.389 e. The standard InChI is InChI=1S/C11H15N3O3S2/c1-6-5-8(11(13)18)3-4-9(6)19(16,17)14-7(2)10(12)15/h3-5,7,14H,1-2H3,(H2,12,15)(H2,13,18). The lowest BCUT2D eigenvalue weighted by molar-refractivity contribution is -0.119. The monoisotopic (exact) mass is 301 g/mol. The first-order valence-electron chi connectivity index (χ1n) is 5.37. The molecule has 1 rings (SSSR count). The number of nitrogens with two attached hydrogens (primary N) is 2. The van der Waals surface area contributed by atoms with E-state index in [-0.39, 0.29) is 9.88 Å². The summed E-state index contributed by atoms with van der Waals surface area (Å²) in [6.07, 6.45) is 0. The molecule has 1 atom stereocenters. The fraction of sp³-hybridized carbons (Fsp3) is 0.273. The van der Waals surface area contributed by atoms with Gasteiger partial charge in [-0.1, -0.05) is 18.3 Å². The smallest absolute Gasteiger partial charge is 0.241 e. The van der Waals surface area contributed by atoms with Gasteiger partial charge in [0.2, 0.25) is 15.9 Å². The van der Waals surface area contributed by atoms with E-state index < -0.39 is 22.0 Å². The molecule has 0 aliphatic heterocycles. The van der Waals surface area contributed by atoms with Crippen LogP contribution in [0.3, 0.4) is 0 Å². The molecule has 104 valence electrons. The predicted octanol–water partition coefficient (Wildman–Crippen LogP) is -0.219. The van der Waals surface area contributed by atoms with E-state index in [2.05, 4.69) is 4.72 Å². The van der Waals surface area contributed by atoms with Crippen molar-refractivity contribution in [2.75, 3.05) is 0 Å². The summed E-state index contributed by atoms with van der Waals surface area (Å²) in [5.41, 5.74) is 11.6. The van der Waals surface area contributed by atoms with E-state index >= 15 is 0 Å². The molecule has 0 fully saturated rings. The summed E-state index contributed by atoms with van der Waals surface area (Å²) < 4.78 is 26.3. The SMILES string of the molecule is Cc1cc(C(N)=S)ccc1S(=O)(=O)NC(C)C(N)=O. The normalized spacial score (nSPS) is 12.9. The summed E-state index contributed by atoms with van der Waals surface area (Å²) in [5.74, 6) is -0.749. The number of rotatable bonds is 5. The number of hydrogen-bond acceptors (Lipinski definition) is 4. The van der Waals surface area contributed by atoms with Gasteiger partial charge in [-0.15, -0.1) is 0 Å². The molecule has 0 aliphatic carbocycles. The van der Waals surface area contributed by atoms with Crippen molar-refractivity contribution in [3.05, 3.63) is 29.3 Å². The van der Waals surface area contributed by atoms with Crippen molar-refractivity contribution >= 4 is 33.1 Å². The zero-order valence-corrected chi connectivity index (χ0v) is 12.1. The lowest BCUT2D eigenvalue weighted by atomic mass is 10.1. The lowest BCUT2D eigenvalue weighted by Crippen LogP contribution is -2.42. The van der Waals surface area contributed by atoms with Crippen LogP contribution in [0.15, 0.2) is 23.1 Å². The van der Waals surface area contributed by atoms with Crippen LogP contribution in [0, 0.1) is 6.92 Å². The van der Waals surface area contributed by atoms with Gasteiger partial charge in [-0.05, 0) is 31.5 Å². The lowest BCUT2D eigenvalue weighted by Gasteiger charge is -2.13. The van der Waals surface area contributed by atoms with Crippen LogP contribution in [0.1, 0.15) is 18.1 Å². The summed E-state index contributed by atoms with van der Waals surface area (Å²) >= 11 is 4.81. The summed E-state index contributed by atoms with van der Waals surface area (Å²) in [7, 11) is -3.81. The quantitative estimate of drug-likeness (QED) is 0.650. The molecule has 19 heavy (non-hydrogen) atoms. The molecule has 1 aromatic carbocycles. The Labute approximate surface area is 117 Å². The van der Waals surface area contributed by atoms with Crippen molar-refractivity contribution in [3.8, 4) is 0 Å². The molecule has 1 unspecified atom stereocenters. The number of benzene rings is 1. The molecule has 6 nitrogen and oxygen atoms in total. The molecule has 0 aliphatic rings. The molecule has 8 heteroatoms. The molecule has 0 saturated heterocycles. The fourth-order valence-corrected chi connectivity index (χ4v) is 3.02. The van der Waals surface area contributed by atoms with E-state index in [4.69, 9.17) is 23.7 Å². The minimum absolute atomic E-state index is 0.0561. The van der Waals surface area contributed by atoms with Crippen LogP contribution in [0.4, 0.5) is 0 Å². The van der Waals surface area contributed by atoms with Crippen molar-refractivity contribution in [3.63, 3.8) is 0 Å². The van der Waals surface area contributed by atoms with Crippen LogP contribution in [0.2, 0.25) is 0 Å². The van der Waals surface area contributed by atoms with E-state index in [1.54, 1.807) is 13.0 Å². The Bertz CT molecular complexity index is 626. The van der Waals surface area contributed by atoms with Gasteiger partial charge < -0.3 is 11.5 Å². The maximum Gasteiger partial charge on any atom is 0.241 e. The molecule has 1 amide bonds. The topological polar surface area (TPSA) is 115 Å². The van der Waals surface area contributed by atoms with Crippen LogP contribution >= 0.6 is 12.2 Å². The number of amides is 1. The van der Waals surface area contributed by atoms with E-state index in [0.29, 0.717) is 11.1 Å². The van der Waals surface area contributed by atoms with Crippen LogP contribution in [0.25, 0.3) is 0 Å². The Kier molecular flexibility index (Phi) is 4.61. The highest BCUT2D eigenvalue weighted by Gasteiger charge is 2.22. The van der Waals surface area contributed by atoms with E-state index in [9.17, 15) is 13.2 Å². The Morgan fingerprint density at radius 3 is 2.37 bits per heavy atom. The van der Waals surface area contributed by atoms with E-state index in [1.165, 1.54) is 19.1 Å². The van der Waals surface area contributed by atoms with Gasteiger partial charge >= 0.3 is 0 Å². The number of thiocarbonyl (C=S) groups is 1. The third-order valence-corrected chi connectivity index (χ3v) is 4.44. The number of nitrogens with one attached hydrogen (secondary N) is 1. The molecule has 0 heterocycles. The van der Waals surface area contributed by atoms with Gasteiger partial charge in [0.1, 0.15) is 4.99 Å². The number of hydrogen-bond donors (Lipinski definition) is 3. The number of carbonyl (C=O) groups excluding carboxylic acids is 1. The highest BCUT2D eigenvalue weighted by molar-refractivity contribution is 7.89. The van der Waals surface area contributed by atoms with Gasteiger partial charge in [0.05, 0.1) is 10.9 Å². The fourth-order valence-electron chi connectivity index (χ4n) is 1.46. The van der Waals surface area contributed by atoms with Crippen molar-refractivity contribution < 1.29 is 13.2 Å². The molecule has 0 aromatic heterocycles. The number of aryl methyl sites for hydroxylation is 1. The molecule has 0 spiro atoms. The van der Waals surface area contributed by atoms with Crippen molar-refractivity contribution in [1.82, 2.24) is 4.72 Å². The van der Waals surface area contributed by atoms with E-state index in [1.807, 2.05) is 0 Å². The second-order valence-corrected chi connectivity index (χ2v) is 6.21. The third-order valence-electron chi connectivity index (χ3n) is 2.51. The van der Waals surface area contributed by atoms with Gasteiger partial charge in [-0.25, -0.2) is 8.42 Å². The molecule has 5 N–H and O–H groups in total. The molecule has 1 aromatic rings. The number of carbonyl (C=O) groups is 1. The van der Waals surface area contributed by atoms with Gasteiger partial charge in [0.15, 0.2) is 0 Å². The number of sulfonamides is 1. The van der Waals surface area contributed by atoms with Crippen LogP contribution < -0.4 is 16.2 Å². The molecular formula is C11H15N3O3S2. The molecular weight excluding hydrogens is 286 g/mol. The summed E-state index contributed by atoms with van der Waals surface area (Å²) in [5, 5.41) is 0. The summed E-state index contributed by atoms with van der Waals surface area (Å²) in [6, 6.07) is 3.49. The van der Waals surface area contributed by atoms with Crippen LogP contribution in [-0.2, 0) is 14.8 Å². The Morgan fingerprint density at radius 1 is 1.37 bits per heavy atom. The maximum atomic E-state index is 12.1. The van der Waals surface area contributed by atoms with Gasteiger partial charge in [-0.3, -0.25) is 4.79 Å². The average Bonchev–Trinajstić information content (AvgIpc) is 2.27. The van der Waals surface area contributed by atoms with Crippen LogP contribution in [0.5, 0.6) is 0 Å². The second-order valence-electron chi connectivity index (χ2n) is 4.09. The maximum absolute atomic E-state index is 12.1. The second kappa shape index (κ2) is 5.64. The molecule has 0 bridgehead atoms. The first-order chi connectivity index (χ1) is 8.65. The van der Waals surface area contributed by atoms with Gasteiger partial charge in [0.25, 0.3) is 0 Å². The Morgan fingerprint density at radius 2 is 1.95 bits per heavy atom. The zero-order chi connectivity index (χ0) is 14.8. The predicted molar refractivity (Wildman–Crippen MR) is 76.0 cm³/mol. The highest BCUT2D eigenvalue weighted by atomic mass is 32.2. The molecule has 0 radical (unpaired) electrons. The minimum atomic E-state index is -3.81. The van der Waals surface area contributed by atoms with Gasteiger partial charge in [-0.2, -0.15) is 4.72 Å². The van der Waals surface area contributed by atoms with E-state index in [0.717, 1.165) is 0 Å². The van der Waals surface area contributed by atoms with Crippen molar-refractivity contribution in [2.24, 2.45) is 11.5 Å². The highest BCUT2D eigenvalue weighted by Crippen LogP contribution is 2.17. The van der Waals surface area contributed by atoms with Gasteiger partial charge in [0, 0.05) is 5.56 Å². The summed E-state index contributed by atoms with van der Waals surface area (Å²) in [6.45, 7) is 2.99. The van der Waals surface area contributed by atoms with Crippen molar-refractivity contribution in [2.45, 2.75) is 24.8 Å². The summed E-state index contributed by atoms with van der Waals surface area (Å²) in [4.78, 5) is 11.1. The molecule has 0 saturated carbocycles. The Balaban J connectivity index is 3.16. The number of primary amides is 1. The Hall–Kier alpha value is -1.51. The largest absolute Gasteiger partial charge is 0.389 e. The third kappa shape index (κ3) is 3.72. The first-order valence-corrected chi connectivity index (χ1v) is 7.26. The zero-order valence-electron chi connectivity index (χ0n) is 10.5. The average molecular weight is 301 g/mol. The van der Waals surface area contributed by atoms with Crippen molar-refractivity contribution in [1.29, 1.82) is 0 Å².